The number of nitrogen functional groups attached to an aromatic ring is 1. The summed E-state index contributed by atoms with van der Waals surface area (Å²) in [6.07, 6.45) is 4.29. The number of nitrogens with two attached hydrogens (primary N) is 1. The van der Waals surface area contributed by atoms with E-state index in [0.717, 1.165) is 29.1 Å². The topological polar surface area (TPSA) is 38.9 Å². The molecule has 0 bridgehead atoms. The Morgan fingerprint density at radius 3 is 2.83 bits per heavy atom. The number of thiazole rings is 1. The van der Waals surface area contributed by atoms with Gasteiger partial charge < -0.3 is 5.73 Å². The lowest BCUT2D eigenvalue weighted by Crippen LogP contribution is -1.92. The maximum Gasteiger partial charge on any atom is 0.0903 e. The van der Waals surface area contributed by atoms with Gasteiger partial charge in [0.1, 0.15) is 0 Å². The maximum atomic E-state index is 5.95. The summed E-state index contributed by atoms with van der Waals surface area (Å²) >= 11 is 1.79. The molecule has 4 rings (SSSR count). The van der Waals surface area contributed by atoms with Crippen molar-refractivity contribution in [3.05, 3.63) is 80.8 Å². The van der Waals surface area contributed by atoms with Gasteiger partial charge >= 0.3 is 0 Å². The van der Waals surface area contributed by atoms with Crippen LogP contribution in [0.15, 0.2) is 48.5 Å². The third-order valence-corrected chi connectivity index (χ3v) is 5.26. The van der Waals surface area contributed by atoms with E-state index in [1.54, 1.807) is 11.3 Å². The van der Waals surface area contributed by atoms with Crippen LogP contribution in [-0.4, -0.2) is 4.98 Å². The third kappa shape index (κ3) is 2.68. The minimum absolute atomic E-state index is 0.793. The predicted octanol–water partition coefficient (Wildman–Crippen LogP) is 4.72. The molecule has 114 valence electrons. The number of hydrogen-bond acceptors (Lipinski definition) is 3. The summed E-state index contributed by atoms with van der Waals surface area (Å²) < 4.78 is 0. The summed E-state index contributed by atoms with van der Waals surface area (Å²) in [4.78, 5) is 6.06. The van der Waals surface area contributed by atoms with Crippen LogP contribution in [0.3, 0.4) is 0 Å². The van der Waals surface area contributed by atoms with Crippen LogP contribution in [0.25, 0.3) is 11.6 Å². The van der Waals surface area contributed by atoms with Gasteiger partial charge in [-0.2, -0.15) is 0 Å². The molecular weight excluding hydrogens is 300 g/mol. The van der Waals surface area contributed by atoms with Gasteiger partial charge in [-0.15, -0.1) is 11.3 Å². The number of rotatable bonds is 1. The molecule has 1 aromatic heterocycles. The van der Waals surface area contributed by atoms with Crippen LogP contribution in [0.5, 0.6) is 0 Å². The van der Waals surface area contributed by atoms with Gasteiger partial charge in [0.15, 0.2) is 0 Å². The number of aryl methyl sites for hydroxylation is 3. The summed E-state index contributed by atoms with van der Waals surface area (Å²) in [5, 5.41) is 1.13. The van der Waals surface area contributed by atoms with Crippen LogP contribution in [0.1, 0.15) is 32.3 Å². The molecule has 0 fully saturated rings. The van der Waals surface area contributed by atoms with E-state index in [9.17, 15) is 0 Å². The van der Waals surface area contributed by atoms with Gasteiger partial charge in [0, 0.05) is 11.3 Å². The van der Waals surface area contributed by atoms with Crippen molar-refractivity contribution in [2.24, 2.45) is 0 Å². The van der Waals surface area contributed by atoms with Gasteiger partial charge in [-0.25, -0.2) is 4.98 Å². The fourth-order valence-electron chi connectivity index (χ4n) is 3.19. The minimum atomic E-state index is 0.793. The second kappa shape index (κ2) is 5.67. The summed E-state index contributed by atoms with van der Waals surface area (Å²) in [5.41, 5.74) is 13.1. The molecule has 0 amide bonds. The molecule has 0 saturated carbocycles. The maximum absolute atomic E-state index is 5.95. The average molecular weight is 318 g/mol. The van der Waals surface area contributed by atoms with E-state index in [1.807, 2.05) is 18.2 Å². The summed E-state index contributed by atoms with van der Waals surface area (Å²) in [5.74, 6) is 0. The predicted molar refractivity (Wildman–Crippen MR) is 98.5 cm³/mol. The lowest BCUT2D eigenvalue weighted by Gasteiger charge is -2.09. The highest BCUT2D eigenvalue weighted by atomic mass is 32.1. The standard InChI is InChI=1S/C20H18N2S/c1-13-22-19-10-9-15-6-2-3-8-17(15)18(20(19)23-13)12-14-5-4-7-16(21)11-14/h2-8,11-12H,9-10,21H2,1H3/b18-12-. The summed E-state index contributed by atoms with van der Waals surface area (Å²) in [6.45, 7) is 2.09. The molecule has 1 heterocycles. The zero-order valence-corrected chi connectivity index (χ0v) is 13.9. The van der Waals surface area contributed by atoms with Gasteiger partial charge in [0.25, 0.3) is 0 Å². The molecule has 0 unspecified atom stereocenters. The highest BCUT2D eigenvalue weighted by Crippen LogP contribution is 2.38. The molecule has 0 aliphatic heterocycles. The quantitative estimate of drug-likeness (QED) is 0.659. The number of fused-ring (bicyclic) bond motifs is 2. The van der Waals surface area contributed by atoms with Crippen LogP contribution in [0.4, 0.5) is 5.69 Å². The fraction of sp³-hybridized carbons (Fsp3) is 0.150. The van der Waals surface area contributed by atoms with Crippen LogP contribution >= 0.6 is 11.3 Å². The molecular formula is C20H18N2S. The fourth-order valence-corrected chi connectivity index (χ4v) is 4.18. The molecule has 2 aromatic carbocycles. The van der Waals surface area contributed by atoms with E-state index < -0.39 is 0 Å². The van der Waals surface area contributed by atoms with Gasteiger partial charge in [-0.05, 0) is 54.7 Å². The monoisotopic (exact) mass is 318 g/mol. The number of hydrogen-bond donors (Lipinski definition) is 1. The Hall–Kier alpha value is -2.39. The zero-order chi connectivity index (χ0) is 15.8. The van der Waals surface area contributed by atoms with Gasteiger partial charge in [-0.3, -0.25) is 0 Å². The number of nitrogens with zero attached hydrogens (tertiary/aromatic N) is 1. The van der Waals surface area contributed by atoms with Crippen LogP contribution in [0.2, 0.25) is 0 Å². The molecule has 3 heteroatoms. The van der Waals surface area contributed by atoms with Crippen molar-refractivity contribution in [1.29, 1.82) is 0 Å². The van der Waals surface area contributed by atoms with E-state index in [0.29, 0.717) is 0 Å². The first-order valence-electron chi connectivity index (χ1n) is 7.83. The minimum Gasteiger partial charge on any atom is -0.399 e. The normalized spacial score (nSPS) is 15.1. The smallest absolute Gasteiger partial charge is 0.0903 e. The second-order valence-electron chi connectivity index (χ2n) is 5.89. The van der Waals surface area contributed by atoms with E-state index in [2.05, 4.69) is 43.3 Å². The first-order valence-corrected chi connectivity index (χ1v) is 8.64. The molecule has 2 N–H and O–H groups in total. The SMILES string of the molecule is Cc1nc2c(s1)/C(=C\c1cccc(N)c1)c1ccccc1CC2. The molecule has 0 saturated heterocycles. The Balaban J connectivity index is 1.96. The van der Waals surface area contributed by atoms with E-state index in [4.69, 9.17) is 10.7 Å². The van der Waals surface area contributed by atoms with Crippen molar-refractivity contribution in [3.63, 3.8) is 0 Å². The molecule has 23 heavy (non-hydrogen) atoms. The van der Waals surface area contributed by atoms with E-state index >= 15 is 0 Å². The third-order valence-electron chi connectivity index (χ3n) is 4.21. The Labute approximate surface area is 140 Å². The average Bonchev–Trinajstić information content (AvgIpc) is 2.85. The summed E-state index contributed by atoms with van der Waals surface area (Å²) in [7, 11) is 0. The molecule has 1 aliphatic rings. The Bertz CT molecular complexity index is 906. The zero-order valence-electron chi connectivity index (χ0n) is 13.0. The van der Waals surface area contributed by atoms with Crippen LogP contribution < -0.4 is 5.73 Å². The van der Waals surface area contributed by atoms with E-state index in [1.165, 1.54) is 27.3 Å². The highest BCUT2D eigenvalue weighted by molar-refractivity contribution is 7.13. The van der Waals surface area contributed by atoms with Crippen LogP contribution in [-0.2, 0) is 12.8 Å². The molecule has 3 aromatic rings. The highest BCUT2D eigenvalue weighted by Gasteiger charge is 2.21. The van der Waals surface area contributed by atoms with Gasteiger partial charge in [0.05, 0.1) is 15.6 Å². The van der Waals surface area contributed by atoms with Crippen molar-refractivity contribution in [1.82, 2.24) is 4.98 Å². The van der Waals surface area contributed by atoms with Gasteiger partial charge in [0.2, 0.25) is 0 Å². The molecule has 1 aliphatic carbocycles. The number of aromatic nitrogens is 1. The lowest BCUT2D eigenvalue weighted by atomic mass is 9.97. The Kier molecular flexibility index (Phi) is 3.50. The van der Waals surface area contributed by atoms with Crippen molar-refractivity contribution < 1.29 is 0 Å². The largest absolute Gasteiger partial charge is 0.399 e. The van der Waals surface area contributed by atoms with Crippen molar-refractivity contribution in [2.45, 2.75) is 19.8 Å². The Morgan fingerprint density at radius 1 is 1.09 bits per heavy atom. The first-order chi connectivity index (χ1) is 11.2. The van der Waals surface area contributed by atoms with Crippen molar-refractivity contribution in [2.75, 3.05) is 5.73 Å². The molecule has 0 radical (unpaired) electrons. The Morgan fingerprint density at radius 2 is 1.96 bits per heavy atom. The molecule has 0 atom stereocenters. The van der Waals surface area contributed by atoms with E-state index in [-0.39, 0.29) is 0 Å². The van der Waals surface area contributed by atoms with Crippen LogP contribution in [0, 0.1) is 6.92 Å². The van der Waals surface area contributed by atoms with Crippen molar-refractivity contribution in [3.8, 4) is 0 Å². The molecule has 2 nitrogen and oxygen atoms in total. The number of anilines is 1. The lowest BCUT2D eigenvalue weighted by molar-refractivity contribution is 0.924. The van der Waals surface area contributed by atoms with Crippen molar-refractivity contribution >= 4 is 28.7 Å². The first kappa shape index (κ1) is 14.2. The number of benzene rings is 2. The molecule has 0 spiro atoms. The second-order valence-corrected chi connectivity index (χ2v) is 7.10. The summed E-state index contributed by atoms with van der Waals surface area (Å²) in [6, 6.07) is 16.7. The van der Waals surface area contributed by atoms with Gasteiger partial charge in [-0.1, -0.05) is 36.4 Å².